The Kier molecular flexibility index (Phi) is 4.04. The number of aliphatic hydroxyl groups excluding tert-OH is 1. The first-order valence-corrected chi connectivity index (χ1v) is 7.01. The van der Waals surface area contributed by atoms with E-state index in [0.29, 0.717) is 22.9 Å². The summed E-state index contributed by atoms with van der Waals surface area (Å²) in [6, 6.07) is 17.2. The van der Waals surface area contributed by atoms with Crippen LogP contribution in [0.2, 0.25) is 5.02 Å². The monoisotopic (exact) mass is 299 g/mol. The maximum atomic E-state index is 9.08. The standard InChI is InChI=1S/C17H14ClNO2/c18-16-9-15(8-6-13(16)10-20)21-11-14-7-5-12-3-1-2-4-17(12)19-14/h1-9,20H,10-11H2. The summed E-state index contributed by atoms with van der Waals surface area (Å²) in [6.07, 6.45) is 0. The first-order valence-electron chi connectivity index (χ1n) is 6.63. The number of pyridine rings is 1. The van der Waals surface area contributed by atoms with Gasteiger partial charge < -0.3 is 9.84 Å². The Balaban J connectivity index is 1.75. The second-order valence-electron chi connectivity index (χ2n) is 4.70. The van der Waals surface area contributed by atoms with E-state index >= 15 is 0 Å². The highest BCUT2D eigenvalue weighted by molar-refractivity contribution is 6.31. The largest absolute Gasteiger partial charge is 0.487 e. The highest BCUT2D eigenvalue weighted by Gasteiger charge is 2.03. The average molecular weight is 300 g/mol. The average Bonchev–Trinajstić information content (AvgIpc) is 2.53. The van der Waals surface area contributed by atoms with Gasteiger partial charge in [0.05, 0.1) is 17.8 Å². The molecule has 106 valence electrons. The second kappa shape index (κ2) is 6.12. The van der Waals surface area contributed by atoms with Gasteiger partial charge in [-0.3, -0.25) is 0 Å². The predicted octanol–water partition coefficient (Wildman–Crippen LogP) is 3.96. The van der Waals surface area contributed by atoms with E-state index in [1.54, 1.807) is 18.2 Å². The van der Waals surface area contributed by atoms with Crippen LogP contribution in [0.5, 0.6) is 5.75 Å². The van der Waals surface area contributed by atoms with Crippen molar-refractivity contribution in [3.8, 4) is 5.75 Å². The van der Waals surface area contributed by atoms with Crippen molar-refractivity contribution in [3.05, 3.63) is 70.9 Å². The molecule has 1 N–H and O–H groups in total. The minimum absolute atomic E-state index is 0.0780. The Morgan fingerprint density at radius 2 is 1.90 bits per heavy atom. The molecule has 4 heteroatoms. The molecular formula is C17H14ClNO2. The number of hydrogen-bond donors (Lipinski definition) is 1. The van der Waals surface area contributed by atoms with Crippen LogP contribution in [0.25, 0.3) is 10.9 Å². The Hall–Kier alpha value is -2.10. The van der Waals surface area contributed by atoms with Gasteiger partial charge in [0, 0.05) is 10.4 Å². The summed E-state index contributed by atoms with van der Waals surface area (Å²) >= 11 is 6.03. The van der Waals surface area contributed by atoms with Crippen LogP contribution < -0.4 is 4.74 Å². The van der Waals surface area contributed by atoms with Gasteiger partial charge in [-0.1, -0.05) is 41.9 Å². The predicted molar refractivity (Wildman–Crippen MR) is 83.4 cm³/mol. The van der Waals surface area contributed by atoms with Gasteiger partial charge in [0.25, 0.3) is 0 Å². The summed E-state index contributed by atoms with van der Waals surface area (Å²) in [4.78, 5) is 4.55. The quantitative estimate of drug-likeness (QED) is 0.793. The van der Waals surface area contributed by atoms with Crippen molar-refractivity contribution in [1.82, 2.24) is 4.98 Å². The molecule has 1 heterocycles. The van der Waals surface area contributed by atoms with E-state index in [4.69, 9.17) is 21.4 Å². The molecular weight excluding hydrogens is 286 g/mol. The Morgan fingerprint density at radius 1 is 1.05 bits per heavy atom. The third kappa shape index (κ3) is 3.15. The molecule has 0 amide bonds. The molecule has 3 rings (SSSR count). The number of nitrogens with zero attached hydrogens (tertiary/aromatic N) is 1. The Morgan fingerprint density at radius 3 is 2.71 bits per heavy atom. The number of aromatic nitrogens is 1. The zero-order chi connectivity index (χ0) is 14.7. The van der Waals surface area contributed by atoms with E-state index in [1.165, 1.54) is 0 Å². The number of hydrogen-bond acceptors (Lipinski definition) is 3. The minimum atomic E-state index is -0.0780. The van der Waals surface area contributed by atoms with E-state index in [-0.39, 0.29) is 6.61 Å². The lowest BCUT2D eigenvalue weighted by atomic mass is 10.2. The lowest BCUT2D eigenvalue weighted by Gasteiger charge is -2.08. The SMILES string of the molecule is OCc1ccc(OCc2ccc3ccccc3n2)cc1Cl. The van der Waals surface area contributed by atoms with Crippen LogP contribution in [0.15, 0.2) is 54.6 Å². The van der Waals surface area contributed by atoms with Gasteiger partial charge in [0.1, 0.15) is 12.4 Å². The summed E-state index contributed by atoms with van der Waals surface area (Å²) in [6.45, 7) is 0.297. The van der Waals surface area contributed by atoms with Crippen LogP contribution in [0.3, 0.4) is 0 Å². The number of benzene rings is 2. The van der Waals surface area contributed by atoms with E-state index in [1.807, 2.05) is 36.4 Å². The number of ether oxygens (including phenoxy) is 1. The van der Waals surface area contributed by atoms with Crippen LogP contribution in [-0.4, -0.2) is 10.1 Å². The summed E-state index contributed by atoms with van der Waals surface area (Å²) in [5, 5.41) is 10.7. The fourth-order valence-electron chi connectivity index (χ4n) is 2.09. The number of para-hydroxylation sites is 1. The molecule has 0 aliphatic heterocycles. The highest BCUT2D eigenvalue weighted by atomic mass is 35.5. The summed E-state index contributed by atoms with van der Waals surface area (Å²) < 4.78 is 5.69. The van der Waals surface area contributed by atoms with Crippen LogP contribution in [0.4, 0.5) is 0 Å². The summed E-state index contributed by atoms with van der Waals surface area (Å²) in [5.41, 5.74) is 2.50. The maximum Gasteiger partial charge on any atom is 0.130 e. The third-order valence-corrected chi connectivity index (χ3v) is 3.59. The van der Waals surface area contributed by atoms with E-state index < -0.39 is 0 Å². The van der Waals surface area contributed by atoms with Crippen LogP contribution in [0.1, 0.15) is 11.3 Å². The molecule has 0 unspecified atom stereocenters. The van der Waals surface area contributed by atoms with Gasteiger partial charge in [0.2, 0.25) is 0 Å². The van der Waals surface area contributed by atoms with Crippen molar-refractivity contribution >= 4 is 22.5 Å². The van der Waals surface area contributed by atoms with Crippen molar-refractivity contribution in [2.24, 2.45) is 0 Å². The lowest BCUT2D eigenvalue weighted by molar-refractivity contribution is 0.280. The lowest BCUT2D eigenvalue weighted by Crippen LogP contribution is -1.99. The van der Waals surface area contributed by atoms with Crippen LogP contribution in [-0.2, 0) is 13.2 Å². The Labute approximate surface area is 127 Å². The molecule has 3 nitrogen and oxygen atoms in total. The molecule has 21 heavy (non-hydrogen) atoms. The smallest absolute Gasteiger partial charge is 0.130 e. The molecule has 0 aliphatic rings. The van der Waals surface area contributed by atoms with Crippen molar-refractivity contribution in [2.75, 3.05) is 0 Å². The fourth-order valence-corrected chi connectivity index (χ4v) is 2.32. The van der Waals surface area contributed by atoms with Crippen molar-refractivity contribution in [3.63, 3.8) is 0 Å². The minimum Gasteiger partial charge on any atom is -0.487 e. The van der Waals surface area contributed by atoms with Gasteiger partial charge in [-0.15, -0.1) is 0 Å². The molecule has 0 spiro atoms. The van der Waals surface area contributed by atoms with Crippen molar-refractivity contribution in [2.45, 2.75) is 13.2 Å². The van der Waals surface area contributed by atoms with Gasteiger partial charge in [0.15, 0.2) is 0 Å². The number of rotatable bonds is 4. The molecule has 0 saturated heterocycles. The molecule has 3 aromatic rings. The molecule has 0 atom stereocenters. The van der Waals surface area contributed by atoms with Gasteiger partial charge in [-0.05, 0) is 29.8 Å². The maximum absolute atomic E-state index is 9.08. The molecule has 0 fully saturated rings. The van der Waals surface area contributed by atoms with Gasteiger partial charge >= 0.3 is 0 Å². The molecule has 2 aromatic carbocycles. The summed E-state index contributed by atoms with van der Waals surface area (Å²) in [5.74, 6) is 0.659. The number of aliphatic hydroxyl groups is 1. The number of fused-ring (bicyclic) bond motifs is 1. The highest BCUT2D eigenvalue weighted by Crippen LogP contribution is 2.23. The summed E-state index contributed by atoms with van der Waals surface area (Å²) in [7, 11) is 0. The topological polar surface area (TPSA) is 42.4 Å². The first kappa shape index (κ1) is 13.9. The van der Waals surface area contributed by atoms with E-state index in [0.717, 1.165) is 16.6 Å². The molecule has 0 aliphatic carbocycles. The Bertz CT molecular complexity index is 774. The second-order valence-corrected chi connectivity index (χ2v) is 5.10. The van der Waals surface area contributed by atoms with E-state index in [2.05, 4.69) is 4.98 Å². The zero-order valence-corrected chi connectivity index (χ0v) is 12.0. The van der Waals surface area contributed by atoms with Crippen LogP contribution in [0, 0.1) is 0 Å². The zero-order valence-electron chi connectivity index (χ0n) is 11.3. The number of halogens is 1. The normalized spacial score (nSPS) is 10.8. The van der Waals surface area contributed by atoms with Gasteiger partial charge in [-0.2, -0.15) is 0 Å². The molecule has 1 aromatic heterocycles. The van der Waals surface area contributed by atoms with Gasteiger partial charge in [-0.25, -0.2) is 4.98 Å². The molecule has 0 radical (unpaired) electrons. The van der Waals surface area contributed by atoms with Crippen molar-refractivity contribution < 1.29 is 9.84 Å². The fraction of sp³-hybridized carbons (Fsp3) is 0.118. The van der Waals surface area contributed by atoms with E-state index in [9.17, 15) is 0 Å². The first-order chi connectivity index (χ1) is 10.3. The molecule has 0 bridgehead atoms. The molecule has 0 saturated carbocycles. The van der Waals surface area contributed by atoms with Crippen molar-refractivity contribution in [1.29, 1.82) is 0 Å². The third-order valence-electron chi connectivity index (χ3n) is 3.24. The van der Waals surface area contributed by atoms with Crippen LogP contribution >= 0.6 is 11.6 Å².